The molecule has 1 fully saturated rings. The summed E-state index contributed by atoms with van der Waals surface area (Å²) in [6.07, 6.45) is 1.97. The van der Waals surface area contributed by atoms with Crippen LogP contribution in [0, 0.1) is 0 Å². The summed E-state index contributed by atoms with van der Waals surface area (Å²) in [5, 5.41) is 0. The molecule has 0 radical (unpaired) electrons. The molecule has 29 heavy (non-hydrogen) atoms. The highest BCUT2D eigenvalue weighted by Gasteiger charge is 2.31. The Kier molecular flexibility index (Phi) is 6.31. The monoisotopic (exact) mass is 391 g/mol. The van der Waals surface area contributed by atoms with Crippen molar-refractivity contribution in [3.05, 3.63) is 71.3 Å². The van der Waals surface area contributed by atoms with Crippen molar-refractivity contribution in [1.82, 2.24) is 14.7 Å². The Morgan fingerprint density at radius 3 is 2.34 bits per heavy atom. The van der Waals surface area contributed by atoms with Gasteiger partial charge in [-0.1, -0.05) is 54.6 Å². The molecule has 1 saturated heterocycles. The van der Waals surface area contributed by atoms with Gasteiger partial charge in [0.25, 0.3) is 0 Å². The molecule has 2 aromatic carbocycles. The Balaban J connectivity index is 1.47. The van der Waals surface area contributed by atoms with Crippen LogP contribution in [-0.4, -0.2) is 65.9 Å². The maximum Gasteiger partial charge on any atom is 0.236 e. The molecule has 1 unspecified atom stereocenters. The van der Waals surface area contributed by atoms with Gasteiger partial charge in [0.1, 0.15) is 0 Å². The fourth-order valence-corrected chi connectivity index (χ4v) is 4.73. The first-order valence-corrected chi connectivity index (χ1v) is 11.0. The molecular formula is C25H33N3O. The quantitative estimate of drug-likeness (QED) is 0.782. The van der Waals surface area contributed by atoms with E-state index in [9.17, 15) is 4.79 Å². The minimum absolute atomic E-state index is 0.267. The van der Waals surface area contributed by atoms with Crippen molar-refractivity contribution in [2.45, 2.75) is 38.8 Å². The molecule has 1 atom stereocenters. The van der Waals surface area contributed by atoms with E-state index in [2.05, 4.69) is 83.1 Å². The van der Waals surface area contributed by atoms with Gasteiger partial charge in [-0.25, -0.2) is 0 Å². The van der Waals surface area contributed by atoms with Gasteiger partial charge in [-0.2, -0.15) is 0 Å². The number of hydrogen-bond acceptors (Lipinski definition) is 3. The lowest BCUT2D eigenvalue weighted by molar-refractivity contribution is -0.135. The number of amides is 1. The van der Waals surface area contributed by atoms with Crippen LogP contribution >= 0.6 is 0 Å². The van der Waals surface area contributed by atoms with E-state index < -0.39 is 0 Å². The average molecular weight is 392 g/mol. The smallest absolute Gasteiger partial charge is 0.236 e. The fourth-order valence-electron chi connectivity index (χ4n) is 4.73. The second kappa shape index (κ2) is 9.10. The second-order valence-corrected chi connectivity index (χ2v) is 8.64. The van der Waals surface area contributed by atoms with E-state index in [-0.39, 0.29) is 11.9 Å². The number of nitrogens with zero attached hydrogens (tertiary/aromatic N) is 3. The van der Waals surface area contributed by atoms with Crippen LogP contribution in [0.5, 0.6) is 0 Å². The third-order valence-electron chi connectivity index (χ3n) is 6.53. The topological polar surface area (TPSA) is 26.8 Å². The molecule has 154 valence electrons. The molecule has 4 heteroatoms. The van der Waals surface area contributed by atoms with Crippen LogP contribution in [0.25, 0.3) is 0 Å². The standard InChI is InChI=1S/C25H33N3O/c1-20(2)26-14-16-27(17-15-26)25(29)19-28-13-12-22-10-6-7-11-23(22)24(28)18-21-8-4-3-5-9-21/h3-11,20,24H,12-19H2,1-2H3. The van der Waals surface area contributed by atoms with Crippen molar-refractivity contribution in [3.8, 4) is 0 Å². The Labute approximate surface area is 175 Å². The molecule has 0 aliphatic carbocycles. The molecule has 4 nitrogen and oxygen atoms in total. The van der Waals surface area contributed by atoms with Crippen molar-refractivity contribution in [3.63, 3.8) is 0 Å². The first-order chi connectivity index (χ1) is 14.1. The largest absolute Gasteiger partial charge is 0.339 e. The van der Waals surface area contributed by atoms with E-state index in [0.29, 0.717) is 12.6 Å². The maximum absolute atomic E-state index is 13.1. The fraction of sp³-hybridized carbons (Fsp3) is 0.480. The highest BCUT2D eigenvalue weighted by atomic mass is 16.2. The zero-order valence-electron chi connectivity index (χ0n) is 17.8. The molecule has 0 spiro atoms. The second-order valence-electron chi connectivity index (χ2n) is 8.64. The van der Waals surface area contributed by atoms with Gasteiger partial charge in [0.2, 0.25) is 5.91 Å². The minimum atomic E-state index is 0.267. The third kappa shape index (κ3) is 4.71. The first-order valence-electron chi connectivity index (χ1n) is 11.0. The zero-order valence-corrected chi connectivity index (χ0v) is 17.8. The van der Waals surface area contributed by atoms with Crippen LogP contribution in [0.1, 0.15) is 36.6 Å². The zero-order chi connectivity index (χ0) is 20.2. The van der Waals surface area contributed by atoms with E-state index in [1.54, 1.807) is 0 Å². The molecular weight excluding hydrogens is 358 g/mol. The van der Waals surface area contributed by atoms with E-state index in [1.165, 1.54) is 16.7 Å². The lowest BCUT2D eigenvalue weighted by Crippen LogP contribution is -2.53. The summed E-state index contributed by atoms with van der Waals surface area (Å²) in [5.74, 6) is 0.283. The lowest BCUT2D eigenvalue weighted by Gasteiger charge is -2.40. The molecule has 2 aliphatic rings. The van der Waals surface area contributed by atoms with E-state index in [0.717, 1.165) is 45.6 Å². The molecule has 0 saturated carbocycles. The summed E-state index contributed by atoms with van der Waals surface area (Å²) in [6.45, 7) is 9.61. The molecule has 0 bridgehead atoms. The summed E-state index contributed by atoms with van der Waals surface area (Å²) in [4.78, 5) is 20.1. The summed E-state index contributed by atoms with van der Waals surface area (Å²) < 4.78 is 0. The van der Waals surface area contributed by atoms with Crippen LogP contribution in [0.3, 0.4) is 0 Å². The Morgan fingerprint density at radius 2 is 1.62 bits per heavy atom. The summed E-state index contributed by atoms with van der Waals surface area (Å²) in [6, 6.07) is 20.3. The highest BCUT2D eigenvalue weighted by molar-refractivity contribution is 5.78. The predicted molar refractivity (Wildman–Crippen MR) is 118 cm³/mol. The Hall–Kier alpha value is -2.17. The van der Waals surface area contributed by atoms with Gasteiger partial charge in [-0.3, -0.25) is 14.6 Å². The van der Waals surface area contributed by atoms with E-state index in [4.69, 9.17) is 0 Å². The molecule has 2 aliphatic heterocycles. The van der Waals surface area contributed by atoms with Gasteiger partial charge in [-0.05, 0) is 43.4 Å². The SMILES string of the molecule is CC(C)N1CCN(C(=O)CN2CCc3ccccc3C2Cc2ccccc2)CC1. The molecule has 0 N–H and O–H groups in total. The van der Waals surface area contributed by atoms with Crippen LogP contribution in [0.15, 0.2) is 54.6 Å². The number of rotatable bonds is 5. The van der Waals surface area contributed by atoms with Crippen LogP contribution in [-0.2, 0) is 17.6 Å². The average Bonchev–Trinajstić information content (AvgIpc) is 2.76. The number of fused-ring (bicyclic) bond motifs is 1. The molecule has 4 rings (SSSR count). The number of carbonyl (C=O) groups is 1. The third-order valence-corrected chi connectivity index (χ3v) is 6.53. The van der Waals surface area contributed by atoms with Crippen molar-refractivity contribution in [2.75, 3.05) is 39.3 Å². The van der Waals surface area contributed by atoms with Crippen LogP contribution in [0.4, 0.5) is 0 Å². The Morgan fingerprint density at radius 1 is 0.931 bits per heavy atom. The normalized spacial score (nSPS) is 20.7. The first kappa shape index (κ1) is 20.1. The van der Waals surface area contributed by atoms with E-state index >= 15 is 0 Å². The molecule has 2 heterocycles. The van der Waals surface area contributed by atoms with Gasteiger partial charge in [0, 0.05) is 44.8 Å². The van der Waals surface area contributed by atoms with Crippen LogP contribution < -0.4 is 0 Å². The molecule has 2 aromatic rings. The Bertz CT molecular complexity index is 812. The van der Waals surface area contributed by atoms with Gasteiger partial charge >= 0.3 is 0 Å². The van der Waals surface area contributed by atoms with E-state index in [1.807, 2.05) is 0 Å². The van der Waals surface area contributed by atoms with Gasteiger partial charge in [0.05, 0.1) is 6.54 Å². The van der Waals surface area contributed by atoms with Crippen molar-refractivity contribution in [2.24, 2.45) is 0 Å². The summed E-state index contributed by atoms with van der Waals surface area (Å²) in [5.41, 5.74) is 4.15. The van der Waals surface area contributed by atoms with Gasteiger partial charge in [0.15, 0.2) is 0 Å². The van der Waals surface area contributed by atoms with Gasteiger partial charge in [-0.15, -0.1) is 0 Å². The number of benzene rings is 2. The lowest BCUT2D eigenvalue weighted by atomic mass is 9.88. The number of piperazine rings is 1. The van der Waals surface area contributed by atoms with Crippen molar-refractivity contribution < 1.29 is 4.79 Å². The molecule has 1 amide bonds. The minimum Gasteiger partial charge on any atom is -0.339 e. The maximum atomic E-state index is 13.1. The van der Waals surface area contributed by atoms with Crippen LogP contribution in [0.2, 0.25) is 0 Å². The summed E-state index contributed by atoms with van der Waals surface area (Å²) >= 11 is 0. The highest BCUT2D eigenvalue weighted by Crippen LogP contribution is 2.32. The number of carbonyl (C=O) groups excluding carboxylic acids is 1. The molecule has 0 aromatic heterocycles. The van der Waals surface area contributed by atoms with Gasteiger partial charge < -0.3 is 4.90 Å². The van der Waals surface area contributed by atoms with Crippen molar-refractivity contribution in [1.29, 1.82) is 0 Å². The summed E-state index contributed by atoms with van der Waals surface area (Å²) in [7, 11) is 0. The predicted octanol–water partition coefficient (Wildman–Crippen LogP) is 3.38. The number of hydrogen-bond donors (Lipinski definition) is 0. The van der Waals surface area contributed by atoms with Crippen molar-refractivity contribution >= 4 is 5.91 Å².